The maximum absolute atomic E-state index is 11.1. The Kier molecular flexibility index (Phi) is 2.46. The summed E-state index contributed by atoms with van der Waals surface area (Å²) >= 11 is 0. The quantitative estimate of drug-likeness (QED) is 0.701. The first-order valence-corrected chi connectivity index (χ1v) is 4.81. The van der Waals surface area contributed by atoms with Crippen molar-refractivity contribution in [1.29, 1.82) is 0 Å². The molecule has 1 saturated heterocycles. The lowest BCUT2D eigenvalue weighted by atomic mass is 9.89. The van der Waals surface area contributed by atoms with Crippen molar-refractivity contribution in [3.8, 4) is 0 Å². The lowest BCUT2D eigenvalue weighted by molar-refractivity contribution is -0.144. The number of hydrogen-bond acceptors (Lipinski definition) is 3. The van der Waals surface area contributed by atoms with Crippen LogP contribution in [0.25, 0.3) is 0 Å². The van der Waals surface area contributed by atoms with Gasteiger partial charge in [0.25, 0.3) is 0 Å². The number of carboxylic acid groups (broad SMARTS) is 1. The fraction of sp³-hybridized carbons (Fsp3) is 0.364. The lowest BCUT2D eigenvalue weighted by Gasteiger charge is -2.22. The van der Waals surface area contributed by atoms with E-state index in [0.29, 0.717) is 13.0 Å². The molecular weight excluding hydrogens is 194 g/mol. The van der Waals surface area contributed by atoms with Crippen LogP contribution < -0.4 is 5.73 Å². The van der Waals surface area contributed by atoms with E-state index in [1.54, 1.807) is 0 Å². The first-order chi connectivity index (χ1) is 7.13. The van der Waals surface area contributed by atoms with Crippen LogP contribution >= 0.6 is 0 Å². The summed E-state index contributed by atoms with van der Waals surface area (Å²) < 4.78 is 5.00. The maximum atomic E-state index is 11.1. The lowest BCUT2D eigenvalue weighted by Crippen LogP contribution is -2.54. The molecule has 4 heteroatoms. The molecule has 1 aliphatic rings. The molecule has 2 atom stereocenters. The van der Waals surface area contributed by atoms with Crippen LogP contribution in [0.2, 0.25) is 0 Å². The molecule has 0 radical (unpaired) electrons. The third kappa shape index (κ3) is 2.00. The van der Waals surface area contributed by atoms with Crippen LogP contribution in [0.4, 0.5) is 0 Å². The normalized spacial score (nSPS) is 23.1. The molecule has 2 rings (SSSR count). The number of nitrogens with two attached hydrogens (primary N) is 1. The van der Waals surface area contributed by atoms with Crippen molar-refractivity contribution < 1.29 is 14.6 Å². The second-order valence-electron chi connectivity index (χ2n) is 3.83. The molecule has 1 aromatic rings. The third-order valence-corrected chi connectivity index (χ3v) is 2.65. The number of epoxide rings is 1. The van der Waals surface area contributed by atoms with Crippen LogP contribution in [-0.4, -0.2) is 29.3 Å². The van der Waals surface area contributed by atoms with Crippen LogP contribution in [0.3, 0.4) is 0 Å². The number of ether oxygens (including phenoxy) is 1. The van der Waals surface area contributed by atoms with E-state index in [4.69, 9.17) is 15.6 Å². The molecular formula is C11H13NO3. The van der Waals surface area contributed by atoms with Gasteiger partial charge in [0, 0.05) is 6.42 Å². The summed E-state index contributed by atoms with van der Waals surface area (Å²) in [4.78, 5) is 11.1. The topological polar surface area (TPSA) is 75.9 Å². The van der Waals surface area contributed by atoms with Gasteiger partial charge in [-0.15, -0.1) is 0 Å². The SMILES string of the molecule is N[C@](Cc1ccccc1)(C(=O)O)[C@@H]1CO1. The highest BCUT2D eigenvalue weighted by atomic mass is 16.6. The third-order valence-electron chi connectivity index (χ3n) is 2.65. The Hall–Kier alpha value is -1.39. The summed E-state index contributed by atoms with van der Waals surface area (Å²) in [5, 5.41) is 9.10. The predicted molar refractivity (Wildman–Crippen MR) is 54.4 cm³/mol. The Labute approximate surface area is 87.7 Å². The fourth-order valence-electron chi connectivity index (χ4n) is 1.61. The van der Waals surface area contributed by atoms with Gasteiger partial charge in [0.1, 0.15) is 11.6 Å². The zero-order valence-corrected chi connectivity index (χ0v) is 8.22. The molecule has 0 unspecified atom stereocenters. The van der Waals surface area contributed by atoms with E-state index >= 15 is 0 Å². The number of carboxylic acids is 1. The van der Waals surface area contributed by atoms with Gasteiger partial charge in [0.2, 0.25) is 0 Å². The van der Waals surface area contributed by atoms with Gasteiger partial charge >= 0.3 is 5.97 Å². The average Bonchev–Trinajstić information content (AvgIpc) is 3.02. The van der Waals surface area contributed by atoms with Crippen LogP contribution in [0.15, 0.2) is 30.3 Å². The molecule has 0 bridgehead atoms. The molecule has 1 heterocycles. The minimum Gasteiger partial charge on any atom is -0.480 e. The van der Waals surface area contributed by atoms with Crippen LogP contribution in [0, 0.1) is 0 Å². The van der Waals surface area contributed by atoms with Crippen molar-refractivity contribution in [2.24, 2.45) is 5.73 Å². The Bertz CT molecular complexity index is 361. The highest BCUT2D eigenvalue weighted by molar-refractivity contribution is 5.80. The van der Waals surface area contributed by atoms with Gasteiger partial charge in [-0.3, -0.25) is 4.79 Å². The molecule has 1 fully saturated rings. The van der Waals surface area contributed by atoms with E-state index in [1.165, 1.54) is 0 Å². The van der Waals surface area contributed by atoms with Crippen molar-refractivity contribution in [2.75, 3.05) is 6.61 Å². The minimum absolute atomic E-state index is 0.299. The van der Waals surface area contributed by atoms with Gasteiger partial charge in [-0.1, -0.05) is 30.3 Å². The van der Waals surface area contributed by atoms with E-state index in [-0.39, 0.29) is 6.10 Å². The summed E-state index contributed by atoms with van der Waals surface area (Å²) in [5.41, 5.74) is 5.48. The molecule has 0 amide bonds. The number of rotatable bonds is 4. The molecule has 0 aliphatic carbocycles. The minimum atomic E-state index is -1.29. The second kappa shape index (κ2) is 3.64. The second-order valence-corrected chi connectivity index (χ2v) is 3.83. The van der Waals surface area contributed by atoms with E-state index in [9.17, 15) is 4.79 Å². The van der Waals surface area contributed by atoms with Gasteiger partial charge in [-0.2, -0.15) is 0 Å². The zero-order chi connectivity index (χ0) is 10.9. The molecule has 0 spiro atoms. The summed E-state index contributed by atoms with van der Waals surface area (Å²) in [6.45, 7) is 0.440. The van der Waals surface area contributed by atoms with E-state index in [1.807, 2.05) is 30.3 Å². The highest BCUT2D eigenvalue weighted by Crippen LogP contribution is 2.26. The highest BCUT2D eigenvalue weighted by Gasteiger charge is 2.50. The number of carbonyl (C=O) groups is 1. The smallest absolute Gasteiger partial charge is 0.326 e. The van der Waals surface area contributed by atoms with Crippen LogP contribution in [0.5, 0.6) is 0 Å². The molecule has 3 N–H and O–H groups in total. The van der Waals surface area contributed by atoms with E-state index < -0.39 is 11.5 Å². The van der Waals surface area contributed by atoms with Gasteiger partial charge in [-0.25, -0.2) is 0 Å². The van der Waals surface area contributed by atoms with Crippen molar-refractivity contribution >= 4 is 5.97 Å². The Morgan fingerprint density at radius 3 is 2.60 bits per heavy atom. The summed E-state index contributed by atoms with van der Waals surface area (Å²) in [5.74, 6) is -1.01. The van der Waals surface area contributed by atoms with Crippen molar-refractivity contribution in [3.05, 3.63) is 35.9 Å². The standard InChI is InChI=1S/C11H13NO3/c12-11(10(13)14,9-7-15-9)6-8-4-2-1-3-5-8/h1-5,9H,6-7,12H2,(H,13,14)/t9-,11-/m0/s1. The van der Waals surface area contributed by atoms with E-state index in [2.05, 4.69) is 0 Å². The summed E-state index contributed by atoms with van der Waals surface area (Å²) in [7, 11) is 0. The van der Waals surface area contributed by atoms with Crippen LogP contribution in [-0.2, 0) is 16.0 Å². The van der Waals surface area contributed by atoms with Gasteiger partial charge in [0.05, 0.1) is 6.61 Å². The number of hydrogen-bond donors (Lipinski definition) is 2. The van der Waals surface area contributed by atoms with Crippen LogP contribution in [0.1, 0.15) is 5.56 Å². The fourth-order valence-corrected chi connectivity index (χ4v) is 1.61. The average molecular weight is 207 g/mol. The molecule has 1 aromatic carbocycles. The van der Waals surface area contributed by atoms with Gasteiger partial charge in [0.15, 0.2) is 0 Å². The van der Waals surface area contributed by atoms with Gasteiger partial charge in [-0.05, 0) is 5.56 Å². The summed E-state index contributed by atoms with van der Waals surface area (Å²) in [6, 6.07) is 9.35. The first kappa shape index (κ1) is 10.1. The molecule has 80 valence electrons. The van der Waals surface area contributed by atoms with Crippen molar-refractivity contribution in [3.63, 3.8) is 0 Å². The zero-order valence-electron chi connectivity index (χ0n) is 8.22. The Balaban J connectivity index is 2.17. The van der Waals surface area contributed by atoms with Gasteiger partial charge < -0.3 is 15.6 Å². The van der Waals surface area contributed by atoms with E-state index in [0.717, 1.165) is 5.56 Å². The first-order valence-electron chi connectivity index (χ1n) is 4.81. The number of benzene rings is 1. The molecule has 0 saturated carbocycles. The predicted octanol–water partition coefficient (Wildman–Crippen LogP) is 0.410. The van der Waals surface area contributed by atoms with Crippen molar-refractivity contribution in [2.45, 2.75) is 18.1 Å². The molecule has 15 heavy (non-hydrogen) atoms. The Morgan fingerprint density at radius 1 is 1.53 bits per heavy atom. The Morgan fingerprint density at radius 2 is 2.13 bits per heavy atom. The molecule has 0 aromatic heterocycles. The van der Waals surface area contributed by atoms with Crippen molar-refractivity contribution in [1.82, 2.24) is 0 Å². The molecule has 1 aliphatic heterocycles. The maximum Gasteiger partial charge on any atom is 0.326 e. The number of aliphatic carboxylic acids is 1. The monoisotopic (exact) mass is 207 g/mol. The largest absolute Gasteiger partial charge is 0.480 e. The molecule has 4 nitrogen and oxygen atoms in total. The summed E-state index contributed by atoms with van der Waals surface area (Å²) in [6.07, 6.45) is -0.0522.